The zero-order chi connectivity index (χ0) is 15.0. The van der Waals surface area contributed by atoms with Gasteiger partial charge in [0, 0.05) is 24.2 Å². The lowest BCUT2D eigenvalue weighted by Gasteiger charge is -2.31. The lowest BCUT2D eigenvalue weighted by molar-refractivity contribution is 0.190. The van der Waals surface area contributed by atoms with Gasteiger partial charge in [0.05, 0.1) is 0 Å². The molecule has 0 radical (unpaired) electrons. The summed E-state index contributed by atoms with van der Waals surface area (Å²) in [5, 5.41) is 3.49. The Hall–Kier alpha value is -0.930. The van der Waals surface area contributed by atoms with Crippen molar-refractivity contribution in [2.24, 2.45) is 0 Å². The van der Waals surface area contributed by atoms with Crippen molar-refractivity contribution < 1.29 is 4.39 Å². The normalized spacial score (nSPS) is 14.5. The van der Waals surface area contributed by atoms with E-state index in [-0.39, 0.29) is 11.9 Å². The Morgan fingerprint density at radius 3 is 2.55 bits per heavy atom. The minimum absolute atomic E-state index is 0.0867. The maximum absolute atomic E-state index is 13.8. The molecule has 0 heterocycles. The van der Waals surface area contributed by atoms with Crippen LogP contribution in [-0.2, 0) is 0 Å². The second kappa shape index (κ2) is 9.09. The molecule has 114 valence electrons. The summed E-state index contributed by atoms with van der Waals surface area (Å²) < 4.78 is 13.8. The van der Waals surface area contributed by atoms with Crippen molar-refractivity contribution in [1.29, 1.82) is 0 Å². The van der Waals surface area contributed by atoms with Gasteiger partial charge in [0.1, 0.15) is 5.82 Å². The minimum Gasteiger partial charge on any atom is -0.315 e. The lowest BCUT2D eigenvalue weighted by atomic mass is 10.1. The first-order valence-electron chi connectivity index (χ1n) is 7.75. The number of hydrogen-bond donors (Lipinski definition) is 1. The predicted molar refractivity (Wildman–Crippen MR) is 84.4 cm³/mol. The van der Waals surface area contributed by atoms with Crippen molar-refractivity contribution in [1.82, 2.24) is 10.2 Å². The van der Waals surface area contributed by atoms with Crippen LogP contribution >= 0.6 is 0 Å². The SMILES string of the molecule is CCCCCNCC(C)N(C)C(C)c1ccccc1F. The summed E-state index contributed by atoms with van der Waals surface area (Å²) in [6.45, 7) is 8.47. The molecule has 1 aromatic carbocycles. The molecule has 1 rings (SSSR count). The quantitative estimate of drug-likeness (QED) is 0.688. The number of hydrogen-bond acceptors (Lipinski definition) is 2. The number of rotatable bonds is 9. The molecule has 0 aliphatic heterocycles. The molecule has 0 bridgehead atoms. The van der Waals surface area contributed by atoms with Gasteiger partial charge < -0.3 is 5.32 Å². The molecule has 0 aliphatic rings. The fourth-order valence-corrected chi connectivity index (χ4v) is 2.37. The Labute approximate surface area is 123 Å². The third-order valence-corrected chi connectivity index (χ3v) is 4.06. The van der Waals surface area contributed by atoms with Crippen molar-refractivity contribution in [2.45, 2.75) is 52.1 Å². The summed E-state index contributed by atoms with van der Waals surface area (Å²) in [4.78, 5) is 2.23. The fraction of sp³-hybridized carbons (Fsp3) is 0.647. The van der Waals surface area contributed by atoms with Gasteiger partial charge in [0.15, 0.2) is 0 Å². The number of nitrogens with zero attached hydrogens (tertiary/aromatic N) is 1. The maximum atomic E-state index is 13.8. The van der Waals surface area contributed by atoms with E-state index >= 15 is 0 Å². The smallest absolute Gasteiger partial charge is 0.127 e. The summed E-state index contributed by atoms with van der Waals surface area (Å²) in [5.41, 5.74) is 0.771. The molecule has 1 N–H and O–H groups in total. The molecule has 0 aliphatic carbocycles. The van der Waals surface area contributed by atoms with Crippen LogP contribution in [0.5, 0.6) is 0 Å². The second-order valence-electron chi connectivity index (χ2n) is 5.62. The average Bonchev–Trinajstić information content (AvgIpc) is 2.46. The van der Waals surface area contributed by atoms with Gasteiger partial charge in [0.2, 0.25) is 0 Å². The Morgan fingerprint density at radius 1 is 1.20 bits per heavy atom. The van der Waals surface area contributed by atoms with E-state index in [0.717, 1.165) is 18.7 Å². The van der Waals surface area contributed by atoms with Crippen molar-refractivity contribution in [2.75, 3.05) is 20.1 Å². The molecule has 1 aromatic rings. The van der Waals surface area contributed by atoms with Gasteiger partial charge in [0.25, 0.3) is 0 Å². The van der Waals surface area contributed by atoms with Crippen LogP contribution in [0.2, 0.25) is 0 Å². The number of likely N-dealkylation sites (N-methyl/N-ethyl adjacent to an activating group) is 1. The largest absolute Gasteiger partial charge is 0.315 e. The van der Waals surface area contributed by atoms with Crippen LogP contribution in [0.25, 0.3) is 0 Å². The van der Waals surface area contributed by atoms with Gasteiger partial charge >= 0.3 is 0 Å². The van der Waals surface area contributed by atoms with Crippen LogP contribution in [-0.4, -0.2) is 31.1 Å². The summed E-state index contributed by atoms with van der Waals surface area (Å²) in [6.07, 6.45) is 3.76. The van der Waals surface area contributed by atoms with Gasteiger partial charge in [-0.25, -0.2) is 4.39 Å². The van der Waals surface area contributed by atoms with Crippen LogP contribution in [0.1, 0.15) is 51.6 Å². The van der Waals surface area contributed by atoms with E-state index in [2.05, 4.69) is 38.0 Å². The summed E-state index contributed by atoms with van der Waals surface area (Å²) in [7, 11) is 2.06. The number of nitrogens with one attached hydrogen (secondary N) is 1. The fourth-order valence-electron chi connectivity index (χ4n) is 2.37. The van der Waals surface area contributed by atoms with E-state index < -0.39 is 0 Å². The van der Waals surface area contributed by atoms with E-state index in [1.807, 2.05) is 12.1 Å². The molecule has 20 heavy (non-hydrogen) atoms. The first-order chi connectivity index (χ1) is 9.57. The number of halogens is 1. The highest BCUT2D eigenvalue weighted by atomic mass is 19.1. The molecular formula is C17H29FN2. The van der Waals surface area contributed by atoms with E-state index in [1.165, 1.54) is 25.3 Å². The molecule has 0 amide bonds. The van der Waals surface area contributed by atoms with Crippen LogP contribution in [0.15, 0.2) is 24.3 Å². The standard InChI is InChI=1S/C17H29FN2/c1-5-6-9-12-19-13-14(2)20(4)15(3)16-10-7-8-11-17(16)18/h7-8,10-11,14-15,19H,5-6,9,12-13H2,1-4H3. The molecule has 2 atom stereocenters. The van der Waals surface area contributed by atoms with E-state index in [0.29, 0.717) is 6.04 Å². The summed E-state index contributed by atoms with van der Waals surface area (Å²) in [5.74, 6) is -0.116. The molecule has 0 saturated carbocycles. The van der Waals surface area contributed by atoms with Crippen molar-refractivity contribution in [3.05, 3.63) is 35.6 Å². The lowest BCUT2D eigenvalue weighted by Crippen LogP contribution is -2.39. The number of unbranched alkanes of at least 4 members (excludes halogenated alkanes) is 2. The van der Waals surface area contributed by atoms with Gasteiger partial charge in [-0.1, -0.05) is 38.0 Å². The molecule has 0 aromatic heterocycles. The molecule has 0 saturated heterocycles. The Morgan fingerprint density at radius 2 is 1.90 bits per heavy atom. The van der Waals surface area contributed by atoms with Gasteiger partial charge in [-0.3, -0.25) is 4.90 Å². The monoisotopic (exact) mass is 280 g/mol. The summed E-state index contributed by atoms with van der Waals surface area (Å²) >= 11 is 0. The maximum Gasteiger partial charge on any atom is 0.127 e. The van der Waals surface area contributed by atoms with Crippen LogP contribution < -0.4 is 5.32 Å². The highest BCUT2D eigenvalue weighted by molar-refractivity contribution is 5.20. The average molecular weight is 280 g/mol. The molecule has 0 fully saturated rings. The van der Waals surface area contributed by atoms with Gasteiger partial charge in [-0.2, -0.15) is 0 Å². The van der Waals surface area contributed by atoms with Crippen LogP contribution in [0, 0.1) is 5.82 Å². The van der Waals surface area contributed by atoms with E-state index in [4.69, 9.17) is 0 Å². The van der Waals surface area contributed by atoms with Crippen molar-refractivity contribution in [3.63, 3.8) is 0 Å². The topological polar surface area (TPSA) is 15.3 Å². The molecule has 2 nitrogen and oxygen atoms in total. The number of benzene rings is 1. The summed E-state index contributed by atoms with van der Waals surface area (Å²) in [6, 6.07) is 7.52. The Kier molecular flexibility index (Phi) is 7.78. The molecule has 2 unspecified atom stereocenters. The van der Waals surface area contributed by atoms with E-state index in [1.54, 1.807) is 6.07 Å². The molecule has 0 spiro atoms. The predicted octanol–water partition coefficient (Wildman–Crippen LogP) is 3.99. The highest BCUT2D eigenvalue weighted by Gasteiger charge is 2.19. The zero-order valence-electron chi connectivity index (χ0n) is 13.3. The van der Waals surface area contributed by atoms with Crippen molar-refractivity contribution >= 4 is 0 Å². The van der Waals surface area contributed by atoms with Gasteiger partial charge in [-0.15, -0.1) is 0 Å². The third-order valence-electron chi connectivity index (χ3n) is 4.06. The first kappa shape index (κ1) is 17.1. The van der Waals surface area contributed by atoms with E-state index in [9.17, 15) is 4.39 Å². The Bertz CT molecular complexity index is 381. The van der Waals surface area contributed by atoms with Crippen LogP contribution in [0.4, 0.5) is 4.39 Å². The third kappa shape index (κ3) is 5.22. The molecular weight excluding hydrogens is 251 g/mol. The first-order valence-corrected chi connectivity index (χ1v) is 7.75. The van der Waals surface area contributed by atoms with Crippen LogP contribution in [0.3, 0.4) is 0 Å². The zero-order valence-corrected chi connectivity index (χ0v) is 13.3. The second-order valence-corrected chi connectivity index (χ2v) is 5.62. The Balaban J connectivity index is 2.43. The van der Waals surface area contributed by atoms with Gasteiger partial charge in [-0.05, 0) is 39.9 Å². The highest BCUT2D eigenvalue weighted by Crippen LogP contribution is 2.22. The van der Waals surface area contributed by atoms with Crippen molar-refractivity contribution in [3.8, 4) is 0 Å². The minimum atomic E-state index is -0.116. The molecule has 3 heteroatoms.